The zero-order valence-corrected chi connectivity index (χ0v) is 27.1. The van der Waals surface area contributed by atoms with E-state index >= 15 is 0 Å². The van der Waals surface area contributed by atoms with Crippen molar-refractivity contribution in [2.45, 2.75) is 45.1 Å². The van der Waals surface area contributed by atoms with E-state index in [1.54, 1.807) is 19.2 Å². The zero-order chi connectivity index (χ0) is 32.0. The second-order valence-electron chi connectivity index (χ2n) is 11.3. The highest BCUT2D eigenvalue weighted by Gasteiger charge is 2.19. The molecule has 0 aliphatic carbocycles. The molecule has 0 spiro atoms. The lowest BCUT2D eigenvalue weighted by atomic mass is 9.95. The Morgan fingerprint density at radius 1 is 0.957 bits per heavy atom. The molecule has 1 saturated heterocycles. The van der Waals surface area contributed by atoms with Crippen LogP contribution in [0.1, 0.15) is 58.0 Å². The number of benzene rings is 2. The summed E-state index contributed by atoms with van der Waals surface area (Å²) in [6.07, 6.45) is 5.49. The highest BCUT2D eigenvalue weighted by Crippen LogP contribution is 2.31. The average Bonchev–Trinajstić information content (AvgIpc) is 3.36. The molecule has 46 heavy (non-hydrogen) atoms. The first-order valence-electron chi connectivity index (χ1n) is 15.5. The number of hydrogen-bond donors (Lipinski definition) is 0. The molecule has 238 valence electrons. The van der Waals surface area contributed by atoms with E-state index in [1.165, 1.54) is 24.7 Å². The normalized spacial score (nSPS) is 14.1. The highest BCUT2D eigenvalue weighted by atomic mass is 35.5. The number of aromatic nitrogens is 4. The number of carbonyl (C=O) groups excluding carboxylic acids is 1. The molecule has 0 radical (unpaired) electrons. The van der Waals surface area contributed by atoms with Gasteiger partial charge in [-0.25, -0.2) is 14.8 Å². The quantitative estimate of drug-likeness (QED) is 0.195. The summed E-state index contributed by atoms with van der Waals surface area (Å²) in [5.41, 5.74) is 7.95. The largest absolute Gasteiger partial charge is 0.494 e. The summed E-state index contributed by atoms with van der Waals surface area (Å²) >= 11 is 6.48. The van der Waals surface area contributed by atoms with Crippen LogP contribution in [0.3, 0.4) is 0 Å². The predicted molar refractivity (Wildman–Crippen MR) is 177 cm³/mol. The van der Waals surface area contributed by atoms with Crippen LogP contribution in [0, 0.1) is 0 Å². The van der Waals surface area contributed by atoms with Crippen LogP contribution in [-0.2, 0) is 42.4 Å². The molecule has 5 heterocycles. The molecular weight excluding hydrogens is 604 g/mol. The van der Waals surface area contributed by atoms with E-state index in [0.29, 0.717) is 40.8 Å². The Morgan fingerprint density at radius 2 is 1.76 bits per heavy atom. The number of rotatable bonds is 4. The van der Waals surface area contributed by atoms with Crippen LogP contribution in [0.2, 0.25) is 5.02 Å². The Hall–Kier alpha value is -4.47. The number of ether oxygens (including phenoxy) is 4. The van der Waals surface area contributed by atoms with Crippen LogP contribution in [0.5, 0.6) is 11.6 Å². The molecule has 10 heteroatoms. The van der Waals surface area contributed by atoms with Gasteiger partial charge in [0.15, 0.2) is 0 Å². The third-order valence-corrected chi connectivity index (χ3v) is 8.63. The second kappa shape index (κ2) is 14.3. The highest BCUT2D eigenvalue weighted by molar-refractivity contribution is 6.31. The van der Waals surface area contributed by atoms with E-state index in [9.17, 15) is 4.79 Å². The van der Waals surface area contributed by atoms with E-state index in [-0.39, 0.29) is 0 Å². The number of hydrogen-bond acceptors (Lipinski definition) is 8. The number of esters is 1. The Bertz CT molecular complexity index is 1860. The first-order chi connectivity index (χ1) is 22.4. The van der Waals surface area contributed by atoms with Crippen LogP contribution >= 0.6 is 11.6 Å². The van der Waals surface area contributed by atoms with Crippen molar-refractivity contribution in [2.24, 2.45) is 7.05 Å². The number of fused-ring (bicyclic) bond motifs is 8. The van der Waals surface area contributed by atoms with Gasteiger partial charge in [0.2, 0.25) is 5.88 Å². The van der Waals surface area contributed by atoms with Gasteiger partial charge >= 0.3 is 5.97 Å². The zero-order valence-electron chi connectivity index (χ0n) is 26.3. The monoisotopic (exact) mass is 640 g/mol. The lowest BCUT2D eigenvalue weighted by molar-refractivity contribution is 0.0367. The van der Waals surface area contributed by atoms with Crippen molar-refractivity contribution in [3.8, 4) is 22.9 Å². The number of carbonyl (C=O) groups is 1. The second-order valence-corrected chi connectivity index (χ2v) is 11.7. The summed E-state index contributed by atoms with van der Waals surface area (Å²) in [5, 5.41) is 0.679. The van der Waals surface area contributed by atoms with E-state index < -0.39 is 5.97 Å². The molecule has 0 atom stereocenters. The van der Waals surface area contributed by atoms with Gasteiger partial charge in [-0.3, -0.25) is 4.98 Å². The summed E-state index contributed by atoms with van der Waals surface area (Å²) in [7, 11) is 4.91. The van der Waals surface area contributed by atoms with Gasteiger partial charge < -0.3 is 23.5 Å². The number of pyridine rings is 2. The topological polar surface area (TPSA) is 97.6 Å². The molecule has 7 rings (SSSR count). The third-order valence-electron chi connectivity index (χ3n) is 8.29. The van der Waals surface area contributed by atoms with Crippen LogP contribution < -0.4 is 9.47 Å². The molecular formula is C36H37ClN4O5. The molecule has 6 bridgehead atoms. The minimum Gasteiger partial charge on any atom is -0.494 e. The fourth-order valence-electron chi connectivity index (χ4n) is 5.56. The molecule has 9 nitrogen and oxygen atoms in total. The van der Waals surface area contributed by atoms with E-state index in [4.69, 9.17) is 45.5 Å². The minimum absolute atomic E-state index is 0.328. The standard InChI is InChI=1S/C33H31ClN4O4.C3H6O/c1-38-28-16-23(33(39)41-3)17-29(40-2)32(28)37-30(38)18-21-11-12-22-15-20(21)7-4-5-8-27-25(34)14-13-24(35-27)19-42-31-10-6-9-26(22)36-31;1-2-4-3-1/h6,9-17H,4-5,7-8,18-19H2,1-3H3;1-3H2. The van der Waals surface area contributed by atoms with E-state index in [1.807, 2.05) is 41.9 Å². The van der Waals surface area contributed by atoms with Crippen LogP contribution in [-0.4, -0.2) is 52.9 Å². The van der Waals surface area contributed by atoms with Crippen LogP contribution in [0.15, 0.2) is 60.7 Å². The maximum atomic E-state index is 12.3. The summed E-state index contributed by atoms with van der Waals surface area (Å²) in [4.78, 5) is 26.7. The fourth-order valence-corrected chi connectivity index (χ4v) is 5.76. The molecule has 0 amide bonds. The number of aryl methyl sites for hydroxylation is 3. The van der Waals surface area contributed by atoms with Crippen molar-refractivity contribution in [1.29, 1.82) is 0 Å². The molecule has 0 saturated carbocycles. The maximum absolute atomic E-state index is 12.3. The SMILES string of the molecule is C1COC1.COC(=O)c1cc(OC)c2nc(Cc3ccc4cc3CCCCc3nc(ccc3Cl)COc3cccc-4n3)n(C)c2c1. The fraction of sp³-hybridized carbons (Fsp3) is 0.333. The van der Waals surface area contributed by atoms with Gasteiger partial charge in [0.05, 0.1) is 47.4 Å². The lowest BCUT2D eigenvalue weighted by Gasteiger charge is -2.13. The molecule has 2 aliphatic heterocycles. The lowest BCUT2D eigenvalue weighted by Crippen LogP contribution is -2.09. The maximum Gasteiger partial charge on any atom is 0.338 e. The Balaban J connectivity index is 0.000000863. The molecule has 3 aromatic heterocycles. The molecule has 2 aromatic carbocycles. The van der Waals surface area contributed by atoms with Crippen molar-refractivity contribution in [3.63, 3.8) is 0 Å². The molecule has 5 aromatic rings. The van der Waals surface area contributed by atoms with Gasteiger partial charge in [0.1, 0.15) is 23.7 Å². The van der Waals surface area contributed by atoms with Gasteiger partial charge in [-0.15, -0.1) is 0 Å². The average molecular weight is 641 g/mol. The summed E-state index contributed by atoms with van der Waals surface area (Å²) in [6, 6.07) is 19.6. The number of methoxy groups -OCH3 is 2. The van der Waals surface area contributed by atoms with Gasteiger partial charge in [-0.2, -0.15) is 0 Å². The van der Waals surface area contributed by atoms with Gasteiger partial charge in [0.25, 0.3) is 0 Å². The minimum atomic E-state index is -0.419. The number of nitrogens with zero attached hydrogens (tertiary/aromatic N) is 4. The molecule has 2 aliphatic rings. The van der Waals surface area contributed by atoms with Crippen LogP contribution in [0.25, 0.3) is 22.3 Å². The Morgan fingerprint density at radius 3 is 2.52 bits per heavy atom. The molecule has 1 fully saturated rings. The van der Waals surface area contributed by atoms with Crippen molar-refractivity contribution in [1.82, 2.24) is 19.5 Å². The van der Waals surface area contributed by atoms with E-state index in [2.05, 4.69) is 18.2 Å². The van der Waals surface area contributed by atoms with Gasteiger partial charge in [-0.05, 0) is 79.6 Å². The van der Waals surface area contributed by atoms with Gasteiger partial charge in [0, 0.05) is 38.3 Å². The predicted octanol–water partition coefficient (Wildman–Crippen LogP) is 6.93. The van der Waals surface area contributed by atoms with Crippen molar-refractivity contribution >= 4 is 28.6 Å². The van der Waals surface area contributed by atoms with Crippen molar-refractivity contribution in [3.05, 3.63) is 99.6 Å². The smallest absolute Gasteiger partial charge is 0.338 e. The van der Waals surface area contributed by atoms with Crippen LogP contribution in [0.4, 0.5) is 0 Å². The number of imidazole rings is 1. The number of halogens is 1. The van der Waals surface area contributed by atoms with E-state index in [0.717, 1.165) is 72.9 Å². The summed E-state index contributed by atoms with van der Waals surface area (Å²) in [6.45, 7) is 2.33. The third kappa shape index (κ3) is 7.00. The van der Waals surface area contributed by atoms with Gasteiger partial charge in [-0.1, -0.05) is 29.8 Å². The Labute approximate surface area is 273 Å². The van der Waals surface area contributed by atoms with Crippen molar-refractivity contribution < 1.29 is 23.7 Å². The summed E-state index contributed by atoms with van der Waals surface area (Å²) < 4.78 is 23.3. The first kappa shape index (κ1) is 31.5. The molecule has 0 N–H and O–H groups in total. The first-order valence-corrected chi connectivity index (χ1v) is 15.9. The molecule has 0 unspecified atom stereocenters. The Kier molecular flexibility index (Phi) is 9.80. The van der Waals surface area contributed by atoms with Crippen molar-refractivity contribution in [2.75, 3.05) is 27.4 Å². The summed E-state index contributed by atoms with van der Waals surface area (Å²) in [5.74, 6) is 1.53.